The number of anilines is 2. The Morgan fingerprint density at radius 1 is 1.16 bits per heavy atom. The molecule has 2 aliphatic rings. The molecular formula is C31H38F2N6O5S. The van der Waals surface area contributed by atoms with Gasteiger partial charge in [0.15, 0.2) is 0 Å². The molecule has 14 heteroatoms. The number of carboxylic acid groups (broad SMARTS) is 1. The zero-order chi connectivity index (χ0) is 32.5. The normalized spacial score (nSPS) is 19.8. The molecule has 242 valence electrons. The van der Waals surface area contributed by atoms with E-state index in [-0.39, 0.29) is 48.2 Å². The van der Waals surface area contributed by atoms with Gasteiger partial charge in [-0.1, -0.05) is 6.07 Å². The quantitative estimate of drug-likeness (QED) is 0.307. The monoisotopic (exact) mass is 644 g/mol. The third-order valence-corrected chi connectivity index (χ3v) is 10.0. The summed E-state index contributed by atoms with van der Waals surface area (Å²) in [6.45, 7) is 6.63. The predicted molar refractivity (Wildman–Crippen MR) is 167 cm³/mol. The second kappa shape index (κ2) is 12.8. The molecule has 2 aromatic heterocycles. The summed E-state index contributed by atoms with van der Waals surface area (Å²) in [7, 11) is -3.28. The third kappa shape index (κ3) is 7.01. The van der Waals surface area contributed by atoms with Gasteiger partial charge in [0.1, 0.15) is 12.0 Å². The van der Waals surface area contributed by atoms with Crippen LogP contribution in [-0.2, 0) is 14.5 Å². The Morgan fingerprint density at radius 2 is 1.93 bits per heavy atom. The smallest absolute Gasteiger partial charge is 0.439 e. The highest BCUT2D eigenvalue weighted by Crippen LogP contribution is 2.38. The predicted octanol–water partition coefficient (Wildman–Crippen LogP) is 6.58. The van der Waals surface area contributed by atoms with E-state index in [0.717, 1.165) is 36.2 Å². The highest BCUT2D eigenvalue weighted by molar-refractivity contribution is 7.93. The Balaban J connectivity index is 1.59. The van der Waals surface area contributed by atoms with Crippen molar-refractivity contribution in [2.45, 2.75) is 76.3 Å². The van der Waals surface area contributed by atoms with E-state index < -0.39 is 27.7 Å². The summed E-state index contributed by atoms with van der Waals surface area (Å²) in [5.74, 6) is -3.05. The number of hydrogen-bond acceptors (Lipinski definition) is 7. The van der Waals surface area contributed by atoms with Crippen LogP contribution in [0.1, 0.15) is 72.1 Å². The van der Waals surface area contributed by atoms with Crippen LogP contribution in [0.4, 0.5) is 25.1 Å². The summed E-state index contributed by atoms with van der Waals surface area (Å²) < 4.78 is 52.7. The van der Waals surface area contributed by atoms with Gasteiger partial charge in [0.2, 0.25) is 5.92 Å². The molecule has 0 spiro atoms. The molecule has 2 fully saturated rings. The van der Waals surface area contributed by atoms with E-state index in [9.17, 15) is 22.6 Å². The molecule has 3 aromatic rings. The van der Waals surface area contributed by atoms with Crippen LogP contribution in [0.25, 0.3) is 11.1 Å². The van der Waals surface area contributed by atoms with E-state index in [1.165, 1.54) is 18.4 Å². The molecule has 2 atom stereocenters. The topological polar surface area (TPSA) is 139 Å². The summed E-state index contributed by atoms with van der Waals surface area (Å²) in [6, 6.07) is 6.01. The van der Waals surface area contributed by atoms with Crippen LogP contribution in [0.3, 0.4) is 0 Å². The lowest BCUT2D eigenvalue weighted by Crippen LogP contribution is -2.30. The number of hydrogen-bond donors (Lipinski definition) is 2. The van der Waals surface area contributed by atoms with E-state index in [1.807, 2.05) is 18.5 Å². The van der Waals surface area contributed by atoms with E-state index >= 15 is 0 Å². The van der Waals surface area contributed by atoms with E-state index in [2.05, 4.69) is 9.68 Å². The number of carbonyl (C=O) groups is 2. The first kappa shape index (κ1) is 32.5. The molecule has 45 heavy (non-hydrogen) atoms. The molecule has 2 unspecified atom stereocenters. The zero-order valence-electron chi connectivity index (χ0n) is 25.8. The maximum Gasteiger partial charge on any atom is 0.439 e. The minimum absolute atomic E-state index is 0.0259. The number of nitrogens with zero attached hydrogens (tertiary/aromatic N) is 5. The number of rotatable bonds is 6. The first-order valence-electron chi connectivity index (χ1n) is 14.9. The van der Waals surface area contributed by atoms with Gasteiger partial charge in [-0.05, 0) is 70.2 Å². The lowest BCUT2D eigenvalue weighted by atomic mass is 9.96. The highest BCUT2D eigenvalue weighted by atomic mass is 32.2. The number of halogens is 2. The van der Waals surface area contributed by atoms with Gasteiger partial charge in [-0.3, -0.25) is 4.79 Å². The zero-order valence-corrected chi connectivity index (χ0v) is 26.6. The van der Waals surface area contributed by atoms with E-state index in [1.54, 1.807) is 30.2 Å². The Hall–Kier alpha value is -3.91. The third-order valence-electron chi connectivity index (χ3n) is 8.37. The molecular weight excluding hydrogens is 606 g/mol. The van der Waals surface area contributed by atoms with Crippen LogP contribution in [0.5, 0.6) is 0 Å². The number of aryl methyl sites for hydroxylation is 1. The summed E-state index contributed by atoms with van der Waals surface area (Å²) in [4.78, 5) is 31.8. The largest absolute Gasteiger partial charge is 0.463 e. The lowest BCUT2D eigenvalue weighted by molar-refractivity contribution is -0.0407. The number of pyridine rings is 1. The fourth-order valence-corrected chi connectivity index (χ4v) is 7.16. The van der Waals surface area contributed by atoms with Crippen molar-refractivity contribution in [2.24, 2.45) is 4.36 Å². The van der Waals surface area contributed by atoms with Crippen LogP contribution in [0.2, 0.25) is 0 Å². The Bertz CT molecular complexity index is 1740. The fraction of sp³-hybridized carbons (Fsp3) is 0.484. The summed E-state index contributed by atoms with van der Waals surface area (Å²) in [6.07, 6.45) is 3.64. The minimum atomic E-state index is -3.28. The number of amides is 2. The Labute approximate surface area is 261 Å². The van der Waals surface area contributed by atoms with Gasteiger partial charge >= 0.3 is 6.09 Å². The second-order valence-corrected chi connectivity index (χ2v) is 13.9. The number of ether oxygens (including phenoxy) is 1. The van der Waals surface area contributed by atoms with Crippen LogP contribution in [0.15, 0.2) is 39.7 Å². The Morgan fingerprint density at radius 3 is 2.64 bits per heavy atom. The van der Waals surface area contributed by atoms with Gasteiger partial charge in [0.25, 0.3) is 5.91 Å². The fourth-order valence-electron chi connectivity index (χ4n) is 6.08. The molecule has 11 nitrogen and oxygen atoms in total. The van der Waals surface area contributed by atoms with Gasteiger partial charge in [-0.2, -0.15) is 5.10 Å². The summed E-state index contributed by atoms with van der Waals surface area (Å²) in [5.41, 5.74) is 4.20. The molecule has 0 aliphatic carbocycles. The van der Waals surface area contributed by atoms with Crippen molar-refractivity contribution in [2.75, 3.05) is 36.2 Å². The van der Waals surface area contributed by atoms with E-state index in [0.29, 0.717) is 30.1 Å². The van der Waals surface area contributed by atoms with Gasteiger partial charge in [0, 0.05) is 72.4 Å². The van der Waals surface area contributed by atoms with Crippen LogP contribution in [0, 0.1) is 20.8 Å². The highest BCUT2D eigenvalue weighted by Gasteiger charge is 2.34. The molecule has 1 aromatic carbocycles. The molecule has 0 saturated carbocycles. The molecule has 2 aliphatic heterocycles. The molecule has 4 heterocycles. The molecule has 0 radical (unpaired) electrons. The van der Waals surface area contributed by atoms with Crippen molar-refractivity contribution < 1.29 is 32.4 Å². The van der Waals surface area contributed by atoms with Crippen molar-refractivity contribution in [3.05, 3.63) is 53.0 Å². The van der Waals surface area contributed by atoms with Crippen molar-refractivity contribution in [1.29, 1.82) is 0 Å². The van der Waals surface area contributed by atoms with Gasteiger partial charge < -0.3 is 20.1 Å². The number of alkyl halides is 2. The van der Waals surface area contributed by atoms with Crippen molar-refractivity contribution in [3.63, 3.8) is 0 Å². The summed E-state index contributed by atoms with van der Waals surface area (Å²) >= 11 is 0. The van der Waals surface area contributed by atoms with Crippen molar-refractivity contribution in [1.82, 2.24) is 14.8 Å². The summed E-state index contributed by atoms with van der Waals surface area (Å²) in [5, 5.41) is 16.7. The Kier molecular flexibility index (Phi) is 9.26. The number of aromatic nitrogens is 3. The molecule has 2 saturated heterocycles. The van der Waals surface area contributed by atoms with Gasteiger partial charge in [-0.25, -0.2) is 27.5 Å². The maximum absolute atomic E-state index is 14.3. The van der Waals surface area contributed by atoms with Crippen LogP contribution >= 0.6 is 0 Å². The van der Waals surface area contributed by atoms with Gasteiger partial charge in [0.05, 0.1) is 21.0 Å². The van der Waals surface area contributed by atoms with Crippen LogP contribution in [-0.4, -0.2) is 68.0 Å². The number of nitrogens with one attached hydrogen (secondary N) is 1. The molecule has 0 bridgehead atoms. The SMILES string of the molecule is Cc1nn(C2CCCCO2)c(C)c1-c1cnc(N2CCCC(F)(F)CC2)c(C(=O)Nc2cccc(S(C)(=O)=NC(=O)O)c2)c1C. The lowest BCUT2D eigenvalue weighted by Gasteiger charge is -2.26. The van der Waals surface area contributed by atoms with Crippen molar-refractivity contribution >= 4 is 33.2 Å². The van der Waals surface area contributed by atoms with Gasteiger partial charge in [-0.15, -0.1) is 4.36 Å². The first-order chi connectivity index (χ1) is 21.3. The van der Waals surface area contributed by atoms with Crippen molar-refractivity contribution in [3.8, 4) is 11.1 Å². The second-order valence-electron chi connectivity index (χ2n) is 11.7. The first-order valence-corrected chi connectivity index (χ1v) is 16.9. The maximum atomic E-state index is 14.3. The standard InChI is InChI=1S/C31H38F2N6O5S/c1-19-24(27-20(2)36-39(21(27)3)25-11-5-6-16-44-25)18-34-28(38-14-8-12-31(32,33)13-15-38)26(19)29(40)35-22-9-7-10-23(17-22)45(4,43)37-30(41)42/h7,9-10,17-18,25H,5-6,8,11-16H2,1-4H3,(H,35,40)(H,41,42). The van der Waals surface area contributed by atoms with E-state index in [4.69, 9.17) is 19.9 Å². The number of benzene rings is 1. The molecule has 5 rings (SSSR count). The average Bonchev–Trinajstić information content (AvgIpc) is 3.14. The molecule has 2 N–H and O–H groups in total. The van der Waals surface area contributed by atoms with Crippen LogP contribution < -0.4 is 10.2 Å². The molecule has 2 amide bonds. The number of carbonyl (C=O) groups excluding carboxylic acids is 1. The minimum Gasteiger partial charge on any atom is -0.463 e. The average molecular weight is 645 g/mol.